The van der Waals surface area contributed by atoms with E-state index in [9.17, 15) is 0 Å². The van der Waals surface area contributed by atoms with Crippen molar-refractivity contribution in [1.82, 2.24) is 19.9 Å². The molecule has 0 unspecified atom stereocenters. The Morgan fingerprint density at radius 1 is 0.500 bits per heavy atom. The van der Waals surface area contributed by atoms with Gasteiger partial charge in [-0.25, -0.2) is 9.97 Å². The average Bonchev–Trinajstić information content (AvgIpc) is 3.54. The van der Waals surface area contributed by atoms with E-state index in [1.807, 2.05) is 97.1 Å². The van der Waals surface area contributed by atoms with Crippen molar-refractivity contribution in [2.75, 3.05) is 14.2 Å². The number of H-pyrrole nitrogens is 2. The lowest BCUT2D eigenvalue weighted by molar-refractivity contribution is 0.415. The Hall–Kier alpha value is -4.58. The summed E-state index contributed by atoms with van der Waals surface area (Å²) in [5.74, 6) is 3.47. The fourth-order valence-electron chi connectivity index (χ4n) is 3.68. The zero-order valence-electron chi connectivity index (χ0n) is 18.9. The van der Waals surface area contributed by atoms with Crippen molar-refractivity contribution in [3.8, 4) is 34.3 Å². The number of hydrogen-bond donors (Lipinski definition) is 2. The average molecular weight is 449 g/mol. The van der Waals surface area contributed by atoms with Crippen LogP contribution in [0.15, 0.2) is 97.1 Å². The van der Waals surface area contributed by atoms with E-state index in [4.69, 9.17) is 9.47 Å². The van der Waals surface area contributed by atoms with Crippen molar-refractivity contribution in [3.63, 3.8) is 0 Å². The number of hydrogen-bond acceptors (Lipinski definition) is 4. The number of methoxy groups -OCH3 is 2. The van der Waals surface area contributed by atoms with Crippen LogP contribution < -0.4 is 9.47 Å². The molecule has 6 rings (SSSR count). The second-order valence-electron chi connectivity index (χ2n) is 7.66. The molecule has 0 bridgehead atoms. The number of benzene rings is 4. The summed E-state index contributed by atoms with van der Waals surface area (Å²) in [6.07, 6.45) is 0. The van der Waals surface area contributed by atoms with E-state index in [-0.39, 0.29) is 0 Å². The first-order valence-electron chi connectivity index (χ1n) is 10.9. The predicted octanol–water partition coefficient (Wildman–Crippen LogP) is 6.48. The number of imidazole rings is 2. The van der Waals surface area contributed by atoms with Crippen molar-refractivity contribution >= 4 is 22.1 Å². The van der Waals surface area contributed by atoms with Gasteiger partial charge in [0.2, 0.25) is 0 Å². The number of para-hydroxylation sites is 4. The van der Waals surface area contributed by atoms with E-state index in [0.717, 1.165) is 56.3 Å². The van der Waals surface area contributed by atoms with Gasteiger partial charge >= 0.3 is 0 Å². The molecular formula is C28H24N4O2. The molecule has 2 N–H and O–H groups in total. The summed E-state index contributed by atoms with van der Waals surface area (Å²) in [4.78, 5) is 15.7. The third-order valence-corrected chi connectivity index (χ3v) is 5.51. The Kier molecular flexibility index (Phi) is 5.95. The molecule has 0 aliphatic rings. The summed E-state index contributed by atoms with van der Waals surface area (Å²) in [7, 11) is 3.33. The van der Waals surface area contributed by atoms with E-state index in [1.54, 1.807) is 14.2 Å². The monoisotopic (exact) mass is 448 g/mol. The number of aromatic amines is 2. The van der Waals surface area contributed by atoms with E-state index >= 15 is 0 Å². The van der Waals surface area contributed by atoms with Crippen LogP contribution in [0.3, 0.4) is 0 Å². The summed E-state index contributed by atoms with van der Waals surface area (Å²) in [6, 6.07) is 31.7. The van der Waals surface area contributed by atoms with Gasteiger partial charge in [-0.05, 0) is 72.8 Å². The Bertz CT molecular complexity index is 1330. The van der Waals surface area contributed by atoms with Gasteiger partial charge in [0.25, 0.3) is 0 Å². The molecule has 0 radical (unpaired) electrons. The first-order valence-corrected chi connectivity index (χ1v) is 10.9. The molecule has 0 amide bonds. The van der Waals surface area contributed by atoms with Crippen molar-refractivity contribution in [2.45, 2.75) is 0 Å². The van der Waals surface area contributed by atoms with Gasteiger partial charge in [0.1, 0.15) is 23.1 Å². The van der Waals surface area contributed by atoms with E-state index in [0.29, 0.717) is 0 Å². The minimum atomic E-state index is 0.852. The molecular weight excluding hydrogens is 424 g/mol. The van der Waals surface area contributed by atoms with E-state index in [1.165, 1.54) is 0 Å². The van der Waals surface area contributed by atoms with Gasteiger partial charge in [0, 0.05) is 11.1 Å². The minimum absolute atomic E-state index is 0.852. The van der Waals surface area contributed by atoms with Crippen LogP contribution in [0.1, 0.15) is 0 Å². The Balaban J connectivity index is 0.000000142. The van der Waals surface area contributed by atoms with Crippen LogP contribution in [-0.4, -0.2) is 34.2 Å². The van der Waals surface area contributed by atoms with Crippen molar-refractivity contribution in [3.05, 3.63) is 97.1 Å². The predicted molar refractivity (Wildman–Crippen MR) is 136 cm³/mol. The lowest BCUT2D eigenvalue weighted by Gasteiger charge is -2.00. The normalized spacial score (nSPS) is 10.6. The number of aromatic nitrogens is 4. The van der Waals surface area contributed by atoms with Crippen molar-refractivity contribution < 1.29 is 9.47 Å². The number of rotatable bonds is 4. The smallest absolute Gasteiger partial charge is 0.138 e. The largest absolute Gasteiger partial charge is 0.497 e. The Morgan fingerprint density at radius 3 is 1.24 bits per heavy atom. The highest BCUT2D eigenvalue weighted by Gasteiger charge is 2.05. The first-order chi connectivity index (χ1) is 16.7. The second-order valence-corrected chi connectivity index (χ2v) is 7.66. The van der Waals surface area contributed by atoms with Gasteiger partial charge in [0.15, 0.2) is 0 Å². The summed E-state index contributed by atoms with van der Waals surface area (Å²) in [6.45, 7) is 0. The van der Waals surface area contributed by atoms with Gasteiger partial charge in [-0.3, -0.25) is 0 Å². The molecule has 0 aliphatic heterocycles. The molecule has 6 heteroatoms. The quantitative estimate of drug-likeness (QED) is 0.324. The van der Waals surface area contributed by atoms with Gasteiger partial charge < -0.3 is 19.4 Å². The van der Waals surface area contributed by atoms with Crippen LogP contribution in [0.4, 0.5) is 0 Å². The maximum absolute atomic E-state index is 5.13. The molecule has 0 saturated carbocycles. The van der Waals surface area contributed by atoms with Gasteiger partial charge in [-0.15, -0.1) is 0 Å². The fourth-order valence-corrected chi connectivity index (χ4v) is 3.68. The highest BCUT2D eigenvalue weighted by Crippen LogP contribution is 2.23. The summed E-state index contributed by atoms with van der Waals surface area (Å²) in [5, 5.41) is 0. The number of nitrogens with one attached hydrogen (secondary N) is 2. The molecule has 6 nitrogen and oxygen atoms in total. The maximum atomic E-state index is 5.13. The van der Waals surface area contributed by atoms with E-state index in [2.05, 4.69) is 19.9 Å². The topological polar surface area (TPSA) is 75.8 Å². The molecule has 4 aromatic carbocycles. The van der Waals surface area contributed by atoms with Crippen LogP contribution in [0.25, 0.3) is 44.8 Å². The molecule has 0 aliphatic carbocycles. The van der Waals surface area contributed by atoms with Gasteiger partial charge in [-0.1, -0.05) is 24.3 Å². The minimum Gasteiger partial charge on any atom is -0.497 e. The molecule has 0 spiro atoms. The zero-order valence-corrected chi connectivity index (χ0v) is 18.9. The lowest BCUT2D eigenvalue weighted by Crippen LogP contribution is -1.83. The van der Waals surface area contributed by atoms with E-state index < -0.39 is 0 Å². The number of fused-ring (bicyclic) bond motifs is 2. The first kappa shape index (κ1) is 21.3. The third-order valence-electron chi connectivity index (χ3n) is 5.51. The molecule has 2 aromatic heterocycles. The molecule has 2 heterocycles. The number of nitrogens with zero attached hydrogens (tertiary/aromatic N) is 2. The third kappa shape index (κ3) is 4.47. The Morgan fingerprint density at radius 2 is 0.882 bits per heavy atom. The Labute approximate surface area is 197 Å². The lowest BCUT2D eigenvalue weighted by atomic mass is 10.2. The molecule has 0 saturated heterocycles. The molecule has 168 valence electrons. The highest BCUT2D eigenvalue weighted by atomic mass is 16.5. The maximum Gasteiger partial charge on any atom is 0.138 e. The van der Waals surface area contributed by atoms with Gasteiger partial charge in [-0.2, -0.15) is 0 Å². The summed E-state index contributed by atoms with van der Waals surface area (Å²) in [5.41, 5.74) is 6.19. The molecule has 0 fully saturated rings. The summed E-state index contributed by atoms with van der Waals surface area (Å²) >= 11 is 0. The van der Waals surface area contributed by atoms with Crippen LogP contribution in [-0.2, 0) is 0 Å². The SMILES string of the molecule is COc1ccc(-c2nc3ccccc3[nH]2)cc1.COc1ccc(-c2nc3ccccc3[nH]2)cc1. The van der Waals surface area contributed by atoms with Crippen molar-refractivity contribution in [1.29, 1.82) is 0 Å². The van der Waals surface area contributed by atoms with Crippen LogP contribution in [0, 0.1) is 0 Å². The fraction of sp³-hybridized carbons (Fsp3) is 0.0714. The molecule has 34 heavy (non-hydrogen) atoms. The standard InChI is InChI=1S/2C14H12N2O/c2*1-17-11-8-6-10(7-9-11)14-15-12-4-2-3-5-13(12)16-14/h2*2-9H,1H3,(H,15,16). The van der Waals surface area contributed by atoms with Crippen LogP contribution >= 0.6 is 0 Å². The molecule has 0 atom stereocenters. The zero-order chi connectivity index (χ0) is 23.3. The second kappa shape index (κ2) is 9.50. The van der Waals surface area contributed by atoms with Crippen LogP contribution in [0.2, 0.25) is 0 Å². The van der Waals surface area contributed by atoms with Crippen LogP contribution in [0.5, 0.6) is 11.5 Å². The van der Waals surface area contributed by atoms with Crippen molar-refractivity contribution in [2.24, 2.45) is 0 Å². The number of ether oxygens (including phenoxy) is 2. The summed E-state index contributed by atoms with van der Waals surface area (Å²) < 4.78 is 10.3. The highest BCUT2D eigenvalue weighted by molar-refractivity contribution is 5.80. The van der Waals surface area contributed by atoms with Gasteiger partial charge in [0.05, 0.1) is 36.3 Å². The molecule has 6 aromatic rings.